The molecule has 0 aliphatic carbocycles. The molecule has 3 rings (SSSR count). The van der Waals surface area contributed by atoms with Gasteiger partial charge in [0.05, 0.1) is 19.6 Å². The molecule has 7 N–H and O–H groups in total. The number of nitrogens with zero attached hydrogens (tertiary/aromatic N) is 4. The van der Waals surface area contributed by atoms with Crippen molar-refractivity contribution in [3.8, 4) is 5.75 Å². The number of imidazole rings is 1. The highest BCUT2D eigenvalue weighted by molar-refractivity contribution is 6.31. The lowest BCUT2D eigenvalue weighted by molar-refractivity contribution is -0.676. The first kappa shape index (κ1) is 25.0. The molecule has 0 aliphatic rings. The normalized spacial score (nSPS) is 11.0. The second-order valence-electron chi connectivity index (χ2n) is 7.29. The minimum absolute atomic E-state index is 0.0404. The molecule has 0 atom stereocenters. The lowest BCUT2D eigenvalue weighted by Gasteiger charge is -2.08. The fraction of sp³-hybridized carbons (Fsp3) is 0.381. The van der Waals surface area contributed by atoms with Crippen molar-refractivity contribution in [1.82, 2.24) is 25.2 Å². The molecular formula is C21H28ClN8O4+. The van der Waals surface area contributed by atoms with E-state index in [0.29, 0.717) is 32.0 Å². The van der Waals surface area contributed by atoms with Crippen molar-refractivity contribution in [2.24, 2.45) is 0 Å². The molecule has 0 radical (unpaired) electrons. The second kappa shape index (κ2) is 11.0. The summed E-state index contributed by atoms with van der Waals surface area (Å²) in [5.41, 5.74) is 13.2. The van der Waals surface area contributed by atoms with Gasteiger partial charge in [0.15, 0.2) is 33.5 Å². The minimum Gasteiger partial charge on any atom is -0.492 e. The van der Waals surface area contributed by atoms with Gasteiger partial charge in [0.25, 0.3) is 11.7 Å². The topological polar surface area (TPSA) is 174 Å². The van der Waals surface area contributed by atoms with Crippen LogP contribution in [0.4, 0.5) is 11.6 Å². The van der Waals surface area contributed by atoms with E-state index in [9.17, 15) is 9.59 Å². The number of halogens is 1. The molecule has 0 aliphatic heterocycles. The molecule has 0 unspecified atom stereocenters. The van der Waals surface area contributed by atoms with E-state index in [4.69, 9.17) is 32.9 Å². The standard InChI is InChI=1S/C21H27ClN8O4/c1-3-29-13-6-5-12(34-8-7-25-11-16(31)32)9-14(13)30(4-2)15(29)10-26-21(33)17-19(23)28-20(24)18(22)27-17/h5-6,9,25H,3-4,7-8,10-11H2,1-2H3,(H5-,23,24,26,28,31,32,33)/p+1. The third-order valence-corrected chi connectivity index (χ3v) is 5.41. The first-order valence-corrected chi connectivity index (χ1v) is 11.1. The van der Waals surface area contributed by atoms with Gasteiger partial charge in [-0.25, -0.2) is 19.1 Å². The molecular weight excluding hydrogens is 464 g/mol. The second-order valence-corrected chi connectivity index (χ2v) is 7.65. The van der Waals surface area contributed by atoms with Crippen molar-refractivity contribution in [1.29, 1.82) is 0 Å². The summed E-state index contributed by atoms with van der Waals surface area (Å²) in [6.45, 7) is 6.21. The Morgan fingerprint density at radius 2 is 2.00 bits per heavy atom. The number of carboxylic acids is 1. The van der Waals surface area contributed by atoms with Gasteiger partial charge in [-0.3, -0.25) is 9.59 Å². The van der Waals surface area contributed by atoms with E-state index >= 15 is 0 Å². The molecule has 1 aromatic carbocycles. The molecule has 2 heterocycles. The van der Waals surface area contributed by atoms with Gasteiger partial charge in [-0.15, -0.1) is 0 Å². The largest absolute Gasteiger partial charge is 0.492 e. The van der Waals surface area contributed by atoms with Crippen LogP contribution in [0.15, 0.2) is 18.2 Å². The molecule has 0 bridgehead atoms. The van der Waals surface area contributed by atoms with Crippen molar-refractivity contribution in [3.63, 3.8) is 0 Å². The molecule has 1 amide bonds. The minimum atomic E-state index is -0.917. The van der Waals surface area contributed by atoms with E-state index in [-0.39, 0.29) is 35.6 Å². The fourth-order valence-electron chi connectivity index (χ4n) is 3.65. The number of aromatic nitrogens is 4. The lowest BCUT2D eigenvalue weighted by atomic mass is 10.3. The number of aryl methyl sites for hydroxylation is 2. The van der Waals surface area contributed by atoms with E-state index in [1.54, 1.807) is 0 Å². The van der Waals surface area contributed by atoms with Gasteiger partial charge >= 0.3 is 5.97 Å². The summed E-state index contributed by atoms with van der Waals surface area (Å²) in [5.74, 6) is -0.0304. The van der Waals surface area contributed by atoms with Gasteiger partial charge in [0.1, 0.15) is 18.9 Å². The maximum Gasteiger partial charge on any atom is 0.317 e. The Hall–Kier alpha value is -3.64. The molecule has 12 nitrogen and oxygen atoms in total. The number of fused-ring (bicyclic) bond motifs is 1. The quantitative estimate of drug-likeness (QED) is 0.189. The zero-order valence-corrected chi connectivity index (χ0v) is 19.7. The van der Waals surface area contributed by atoms with Gasteiger partial charge in [-0.1, -0.05) is 11.6 Å². The Bertz CT molecular complexity index is 1210. The summed E-state index contributed by atoms with van der Waals surface area (Å²) in [6.07, 6.45) is 0. The van der Waals surface area contributed by atoms with E-state index in [1.165, 1.54) is 0 Å². The highest BCUT2D eigenvalue weighted by Gasteiger charge is 2.25. The van der Waals surface area contributed by atoms with Crippen LogP contribution in [-0.2, 0) is 24.4 Å². The van der Waals surface area contributed by atoms with Crippen molar-refractivity contribution in [2.75, 3.05) is 31.2 Å². The molecule has 34 heavy (non-hydrogen) atoms. The predicted molar refractivity (Wildman–Crippen MR) is 127 cm³/mol. The average Bonchev–Trinajstić information content (AvgIpc) is 3.11. The van der Waals surface area contributed by atoms with E-state index in [1.807, 2.05) is 32.0 Å². The van der Waals surface area contributed by atoms with Crippen molar-refractivity contribution in [2.45, 2.75) is 33.5 Å². The molecule has 0 saturated carbocycles. The van der Waals surface area contributed by atoms with Gasteiger partial charge in [0.2, 0.25) is 0 Å². The van der Waals surface area contributed by atoms with Crippen molar-refractivity contribution < 1.29 is 24.0 Å². The SMILES string of the molecule is CCn1c(CNC(=O)c2nc(Cl)c(N)nc2N)[n+](CC)c2ccc(OCCNCC(=O)O)cc21. The number of carbonyl (C=O) groups is 2. The number of hydrogen-bond donors (Lipinski definition) is 5. The first-order valence-electron chi connectivity index (χ1n) is 10.7. The number of amides is 1. The zero-order chi connectivity index (χ0) is 24.8. The summed E-state index contributed by atoms with van der Waals surface area (Å²) >= 11 is 5.89. The van der Waals surface area contributed by atoms with Crippen LogP contribution >= 0.6 is 11.6 Å². The van der Waals surface area contributed by atoms with Gasteiger partial charge in [0, 0.05) is 12.6 Å². The molecule has 182 valence electrons. The third-order valence-electron chi connectivity index (χ3n) is 5.13. The summed E-state index contributed by atoms with van der Waals surface area (Å²) in [4.78, 5) is 31.1. The lowest BCUT2D eigenvalue weighted by Crippen LogP contribution is -2.40. The Morgan fingerprint density at radius 3 is 2.68 bits per heavy atom. The molecule has 0 spiro atoms. The van der Waals surface area contributed by atoms with Crippen LogP contribution in [-0.4, -0.2) is 51.2 Å². The predicted octanol–water partition coefficient (Wildman–Crippen LogP) is 0.559. The number of carboxylic acid groups (broad SMARTS) is 1. The molecule has 2 aromatic heterocycles. The fourth-order valence-corrected chi connectivity index (χ4v) is 3.77. The number of hydrogen-bond acceptors (Lipinski definition) is 8. The van der Waals surface area contributed by atoms with E-state index < -0.39 is 11.9 Å². The van der Waals surface area contributed by atoms with Crippen LogP contribution in [0.5, 0.6) is 5.75 Å². The molecule has 0 fully saturated rings. The molecule has 3 aromatic rings. The van der Waals surface area contributed by atoms with Crippen LogP contribution in [0.2, 0.25) is 5.15 Å². The maximum atomic E-state index is 12.7. The third kappa shape index (κ3) is 5.46. The van der Waals surface area contributed by atoms with Crippen LogP contribution < -0.4 is 31.4 Å². The van der Waals surface area contributed by atoms with Gasteiger partial charge in [-0.2, -0.15) is 0 Å². The highest BCUT2D eigenvalue weighted by Crippen LogP contribution is 2.22. The first-order chi connectivity index (χ1) is 16.3. The number of anilines is 2. The average molecular weight is 492 g/mol. The van der Waals surface area contributed by atoms with Crippen LogP contribution in [0.3, 0.4) is 0 Å². The number of benzene rings is 1. The number of carbonyl (C=O) groups excluding carboxylic acids is 1. The van der Waals surface area contributed by atoms with Gasteiger partial charge < -0.3 is 31.9 Å². The molecule has 13 heteroatoms. The summed E-state index contributed by atoms with van der Waals surface area (Å²) in [7, 11) is 0. The van der Waals surface area contributed by atoms with E-state index in [2.05, 4.69) is 29.7 Å². The summed E-state index contributed by atoms with van der Waals surface area (Å²) < 4.78 is 9.95. The maximum absolute atomic E-state index is 12.7. The number of rotatable bonds is 11. The summed E-state index contributed by atoms with van der Waals surface area (Å²) in [6, 6.07) is 5.75. The van der Waals surface area contributed by atoms with Crippen LogP contribution in [0.1, 0.15) is 30.2 Å². The van der Waals surface area contributed by atoms with E-state index in [0.717, 1.165) is 16.9 Å². The Morgan fingerprint density at radius 1 is 1.24 bits per heavy atom. The van der Waals surface area contributed by atoms with Crippen molar-refractivity contribution >= 4 is 46.1 Å². The Labute approximate surface area is 200 Å². The number of nitrogens with two attached hydrogens (primary N) is 2. The number of nitrogen functional groups attached to an aromatic ring is 2. The monoisotopic (exact) mass is 491 g/mol. The Kier molecular flexibility index (Phi) is 8.08. The molecule has 0 saturated heterocycles. The summed E-state index contributed by atoms with van der Waals surface area (Å²) in [5, 5.41) is 14.2. The Balaban J connectivity index is 1.81. The number of ether oxygens (including phenoxy) is 1. The smallest absolute Gasteiger partial charge is 0.317 e. The highest BCUT2D eigenvalue weighted by atomic mass is 35.5. The number of aliphatic carboxylic acids is 1. The van der Waals surface area contributed by atoms with Crippen LogP contribution in [0, 0.1) is 0 Å². The van der Waals surface area contributed by atoms with Gasteiger partial charge in [-0.05, 0) is 26.0 Å². The number of nitrogens with one attached hydrogen (secondary N) is 2. The van der Waals surface area contributed by atoms with Crippen LogP contribution in [0.25, 0.3) is 11.0 Å². The van der Waals surface area contributed by atoms with Crippen molar-refractivity contribution in [3.05, 3.63) is 34.9 Å². The zero-order valence-electron chi connectivity index (χ0n) is 19.0.